The van der Waals surface area contributed by atoms with Crippen molar-refractivity contribution < 1.29 is 4.39 Å². The maximum absolute atomic E-state index is 12.5. The maximum Gasteiger partial charge on any atom is 0.0991 e. The van der Waals surface area contributed by atoms with Crippen molar-refractivity contribution in [1.29, 1.82) is 5.26 Å². The highest BCUT2D eigenvalue weighted by molar-refractivity contribution is 5.38. The smallest absolute Gasteiger partial charge is 0.0991 e. The normalized spacial score (nSPS) is 12.1. The van der Waals surface area contributed by atoms with Crippen LogP contribution in [-0.4, -0.2) is 6.67 Å². The summed E-state index contributed by atoms with van der Waals surface area (Å²) in [6.07, 6.45) is 0.877. The van der Waals surface area contributed by atoms with Gasteiger partial charge in [0, 0.05) is 5.92 Å². The van der Waals surface area contributed by atoms with E-state index in [0.29, 0.717) is 5.56 Å². The molecule has 14 heavy (non-hydrogen) atoms. The van der Waals surface area contributed by atoms with Gasteiger partial charge in [-0.2, -0.15) is 5.26 Å². The lowest BCUT2D eigenvalue weighted by molar-refractivity contribution is 0.447. The van der Waals surface area contributed by atoms with Gasteiger partial charge in [-0.1, -0.05) is 19.9 Å². The fourth-order valence-corrected chi connectivity index (χ4v) is 1.36. The van der Waals surface area contributed by atoms with Crippen LogP contribution in [0.1, 0.15) is 36.5 Å². The molecule has 0 saturated carbocycles. The van der Waals surface area contributed by atoms with Gasteiger partial charge in [-0.25, -0.2) is 0 Å². The molecule has 0 aromatic heterocycles. The van der Waals surface area contributed by atoms with Gasteiger partial charge in [0.15, 0.2) is 0 Å². The number of nitrogens with zero attached hydrogens (tertiary/aromatic N) is 1. The molecule has 1 aromatic rings. The van der Waals surface area contributed by atoms with Gasteiger partial charge in [-0.05, 0) is 29.7 Å². The van der Waals surface area contributed by atoms with Gasteiger partial charge in [0.05, 0.1) is 18.3 Å². The Labute approximate surface area is 84.2 Å². The Hall–Kier alpha value is -1.36. The van der Waals surface area contributed by atoms with Gasteiger partial charge in [0.2, 0.25) is 0 Å². The summed E-state index contributed by atoms with van der Waals surface area (Å²) in [4.78, 5) is 0. The quantitative estimate of drug-likeness (QED) is 0.719. The molecule has 0 aliphatic rings. The van der Waals surface area contributed by atoms with Crippen molar-refractivity contribution in [1.82, 2.24) is 0 Å². The summed E-state index contributed by atoms with van der Waals surface area (Å²) in [5, 5.41) is 8.79. The number of hydrogen-bond acceptors (Lipinski definition) is 1. The second kappa shape index (κ2) is 4.76. The van der Waals surface area contributed by atoms with Crippen LogP contribution in [0.5, 0.6) is 0 Å². The monoisotopic (exact) mass is 191 g/mol. The Kier molecular flexibility index (Phi) is 3.64. The largest absolute Gasteiger partial charge is 0.250 e. The summed E-state index contributed by atoms with van der Waals surface area (Å²) in [5.74, 6) is -0.117. The van der Waals surface area contributed by atoms with E-state index in [2.05, 4.69) is 6.07 Å². The minimum Gasteiger partial charge on any atom is -0.250 e. The third kappa shape index (κ3) is 2.32. The van der Waals surface area contributed by atoms with Crippen LogP contribution in [0.2, 0.25) is 0 Å². The summed E-state index contributed by atoms with van der Waals surface area (Å²) in [6.45, 7) is 3.48. The molecular weight excluding hydrogens is 177 g/mol. The van der Waals surface area contributed by atoms with Crippen LogP contribution < -0.4 is 0 Å². The summed E-state index contributed by atoms with van der Waals surface area (Å²) < 4.78 is 12.5. The van der Waals surface area contributed by atoms with Crippen molar-refractivity contribution in [2.75, 3.05) is 6.67 Å². The van der Waals surface area contributed by atoms with Crippen molar-refractivity contribution in [3.05, 3.63) is 34.9 Å². The van der Waals surface area contributed by atoms with E-state index in [1.807, 2.05) is 26.0 Å². The Morgan fingerprint density at radius 2 is 2.14 bits per heavy atom. The second-order valence-electron chi connectivity index (χ2n) is 3.48. The predicted octanol–water partition coefficient (Wildman–Crippen LogP) is 3.19. The Morgan fingerprint density at radius 3 is 2.64 bits per heavy atom. The summed E-state index contributed by atoms with van der Waals surface area (Å²) in [6, 6.07) is 7.70. The molecule has 1 rings (SSSR count). The molecule has 0 saturated heterocycles. The van der Waals surface area contributed by atoms with Crippen molar-refractivity contribution in [2.24, 2.45) is 0 Å². The van der Waals surface area contributed by atoms with E-state index in [-0.39, 0.29) is 12.6 Å². The molecule has 0 spiro atoms. The Bertz CT molecular complexity index is 352. The first-order valence-corrected chi connectivity index (χ1v) is 4.81. The SMILES string of the molecule is CCc1cc(C#N)cc(C(C)CF)c1. The third-order valence-corrected chi connectivity index (χ3v) is 2.35. The van der Waals surface area contributed by atoms with Gasteiger partial charge in [-0.3, -0.25) is 4.39 Å². The molecule has 0 fully saturated rings. The molecular formula is C12H14FN. The lowest BCUT2D eigenvalue weighted by atomic mass is 9.97. The Morgan fingerprint density at radius 1 is 1.43 bits per heavy atom. The van der Waals surface area contributed by atoms with Gasteiger partial charge in [0.1, 0.15) is 0 Å². The second-order valence-corrected chi connectivity index (χ2v) is 3.48. The minimum atomic E-state index is -0.377. The van der Waals surface area contributed by atoms with Crippen molar-refractivity contribution in [3.63, 3.8) is 0 Å². The van der Waals surface area contributed by atoms with E-state index in [4.69, 9.17) is 5.26 Å². The van der Waals surface area contributed by atoms with Crippen molar-refractivity contribution in [3.8, 4) is 6.07 Å². The molecule has 0 amide bonds. The van der Waals surface area contributed by atoms with Crippen LogP contribution >= 0.6 is 0 Å². The third-order valence-electron chi connectivity index (χ3n) is 2.35. The van der Waals surface area contributed by atoms with Crippen LogP contribution in [-0.2, 0) is 6.42 Å². The molecule has 74 valence electrons. The van der Waals surface area contributed by atoms with Crippen LogP contribution in [0.3, 0.4) is 0 Å². The number of alkyl halides is 1. The fraction of sp³-hybridized carbons (Fsp3) is 0.417. The molecule has 0 heterocycles. The summed E-state index contributed by atoms with van der Waals surface area (Å²) >= 11 is 0. The number of halogens is 1. The highest BCUT2D eigenvalue weighted by atomic mass is 19.1. The van der Waals surface area contributed by atoms with E-state index in [1.165, 1.54) is 0 Å². The molecule has 0 bridgehead atoms. The zero-order chi connectivity index (χ0) is 10.6. The summed E-state index contributed by atoms with van der Waals surface area (Å²) in [7, 11) is 0. The molecule has 2 heteroatoms. The molecule has 1 aromatic carbocycles. The van der Waals surface area contributed by atoms with Crippen LogP contribution in [0.25, 0.3) is 0 Å². The minimum absolute atomic E-state index is 0.117. The molecule has 0 radical (unpaired) electrons. The number of rotatable bonds is 3. The highest BCUT2D eigenvalue weighted by Crippen LogP contribution is 2.19. The average Bonchev–Trinajstić information content (AvgIpc) is 2.27. The van der Waals surface area contributed by atoms with E-state index in [9.17, 15) is 4.39 Å². The molecule has 0 N–H and O–H groups in total. The maximum atomic E-state index is 12.5. The zero-order valence-corrected chi connectivity index (χ0v) is 8.55. The number of nitriles is 1. The van der Waals surface area contributed by atoms with Crippen molar-refractivity contribution in [2.45, 2.75) is 26.2 Å². The lowest BCUT2D eigenvalue weighted by Crippen LogP contribution is -1.97. The first kappa shape index (κ1) is 10.7. The van der Waals surface area contributed by atoms with E-state index >= 15 is 0 Å². The topological polar surface area (TPSA) is 23.8 Å². The van der Waals surface area contributed by atoms with Crippen LogP contribution in [0.4, 0.5) is 4.39 Å². The number of benzene rings is 1. The van der Waals surface area contributed by atoms with Gasteiger partial charge < -0.3 is 0 Å². The van der Waals surface area contributed by atoms with Gasteiger partial charge >= 0.3 is 0 Å². The molecule has 0 aliphatic carbocycles. The van der Waals surface area contributed by atoms with Gasteiger partial charge in [0.25, 0.3) is 0 Å². The van der Waals surface area contributed by atoms with Crippen LogP contribution in [0.15, 0.2) is 18.2 Å². The van der Waals surface area contributed by atoms with Crippen LogP contribution in [0, 0.1) is 11.3 Å². The average molecular weight is 191 g/mol. The molecule has 1 unspecified atom stereocenters. The number of hydrogen-bond donors (Lipinski definition) is 0. The first-order valence-electron chi connectivity index (χ1n) is 4.81. The molecule has 1 nitrogen and oxygen atoms in total. The van der Waals surface area contributed by atoms with E-state index in [1.54, 1.807) is 6.07 Å². The molecule has 1 atom stereocenters. The Balaban J connectivity index is 3.12. The van der Waals surface area contributed by atoms with E-state index < -0.39 is 0 Å². The lowest BCUT2D eigenvalue weighted by Gasteiger charge is -2.09. The van der Waals surface area contributed by atoms with Crippen molar-refractivity contribution >= 4 is 0 Å². The van der Waals surface area contributed by atoms with Gasteiger partial charge in [-0.15, -0.1) is 0 Å². The predicted molar refractivity (Wildman–Crippen MR) is 54.9 cm³/mol. The standard InChI is InChI=1S/C12H14FN/c1-3-10-4-11(8-14)6-12(5-10)9(2)7-13/h4-6,9H,3,7H2,1-2H3. The summed E-state index contributed by atoms with van der Waals surface area (Å²) in [5.41, 5.74) is 2.64. The fourth-order valence-electron chi connectivity index (χ4n) is 1.36. The molecule has 0 aliphatic heterocycles. The van der Waals surface area contributed by atoms with E-state index in [0.717, 1.165) is 17.5 Å². The first-order chi connectivity index (χ1) is 6.71. The number of aryl methyl sites for hydroxylation is 1. The zero-order valence-electron chi connectivity index (χ0n) is 8.55. The highest BCUT2D eigenvalue weighted by Gasteiger charge is 2.07.